The molecular weight excluding hydrogens is 286 g/mol. The number of benzene rings is 1. The summed E-state index contributed by atoms with van der Waals surface area (Å²) in [6.07, 6.45) is 0.349. The second-order valence-electron chi connectivity index (χ2n) is 5.26. The molecule has 5 nitrogen and oxygen atoms in total. The first kappa shape index (κ1) is 15.4. The average Bonchev–Trinajstić information content (AvgIpc) is 2.76. The summed E-state index contributed by atoms with van der Waals surface area (Å²) in [4.78, 5) is 27.7. The molecule has 0 saturated heterocycles. The Balaban J connectivity index is 1.90. The molecule has 0 fully saturated rings. The monoisotopic (exact) mass is 305 g/mol. The minimum Gasteiger partial charge on any atom is -0.354 e. The van der Waals surface area contributed by atoms with Crippen molar-refractivity contribution in [2.75, 3.05) is 5.32 Å². The maximum absolute atomic E-state index is 11.8. The molecule has 0 aliphatic rings. The summed E-state index contributed by atoms with van der Waals surface area (Å²) in [5, 5.41) is 6.08. The maximum Gasteiger partial charge on any atom is 0.226 e. The molecule has 0 unspecified atom stereocenters. The molecule has 2 amide bonds. The summed E-state index contributed by atoms with van der Waals surface area (Å²) in [6, 6.07) is 6.06. The molecule has 0 saturated carbocycles. The minimum atomic E-state index is -0.190. The molecule has 1 aromatic carbocycles. The molecular formula is C15H19N3O2S. The molecule has 1 aromatic heterocycles. The predicted molar refractivity (Wildman–Crippen MR) is 85.5 cm³/mol. The quantitative estimate of drug-likeness (QED) is 0.892. The molecule has 0 aliphatic heterocycles. The second-order valence-corrected chi connectivity index (χ2v) is 6.29. The van der Waals surface area contributed by atoms with Gasteiger partial charge in [0.25, 0.3) is 0 Å². The third-order valence-electron chi connectivity index (χ3n) is 2.82. The summed E-state index contributed by atoms with van der Waals surface area (Å²) in [5.74, 6) is -0.301. The van der Waals surface area contributed by atoms with E-state index >= 15 is 0 Å². The molecule has 0 bridgehead atoms. The lowest BCUT2D eigenvalue weighted by Crippen LogP contribution is -2.30. The zero-order valence-corrected chi connectivity index (χ0v) is 13.2. The number of thiazole rings is 1. The normalized spacial score (nSPS) is 10.9. The highest BCUT2D eigenvalue weighted by molar-refractivity contribution is 7.22. The van der Waals surface area contributed by atoms with Gasteiger partial charge in [-0.1, -0.05) is 17.4 Å². The van der Waals surface area contributed by atoms with Crippen LogP contribution in [0.15, 0.2) is 18.2 Å². The topological polar surface area (TPSA) is 71.1 Å². The van der Waals surface area contributed by atoms with E-state index in [1.54, 1.807) is 0 Å². The van der Waals surface area contributed by atoms with Crippen LogP contribution in [0.4, 0.5) is 5.13 Å². The van der Waals surface area contributed by atoms with E-state index in [4.69, 9.17) is 0 Å². The van der Waals surface area contributed by atoms with Crippen molar-refractivity contribution in [2.45, 2.75) is 39.7 Å². The van der Waals surface area contributed by atoms with Crippen LogP contribution >= 0.6 is 11.3 Å². The number of aryl methyl sites for hydroxylation is 1. The van der Waals surface area contributed by atoms with Crippen LogP contribution in [0.1, 0.15) is 32.3 Å². The SMILES string of the molecule is Cc1ccc2nc(NC(=O)CCC(=O)NC(C)C)sc2c1. The summed E-state index contributed by atoms with van der Waals surface area (Å²) < 4.78 is 1.04. The first-order chi connectivity index (χ1) is 9.94. The van der Waals surface area contributed by atoms with Crippen LogP contribution in [0, 0.1) is 6.92 Å². The number of fused-ring (bicyclic) bond motifs is 1. The highest BCUT2D eigenvalue weighted by atomic mass is 32.1. The van der Waals surface area contributed by atoms with E-state index in [0.29, 0.717) is 5.13 Å². The van der Waals surface area contributed by atoms with Gasteiger partial charge < -0.3 is 10.6 Å². The van der Waals surface area contributed by atoms with Gasteiger partial charge in [0.1, 0.15) is 0 Å². The minimum absolute atomic E-state index is 0.0908. The van der Waals surface area contributed by atoms with E-state index in [1.807, 2.05) is 39.0 Å². The molecule has 0 aliphatic carbocycles. The largest absolute Gasteiger partial charge is 0.354 e. The Morgan fingerprint density at radius 1 is 1.24 bits per heavy atom. The molecule has 0 spiro atoms. The van der Waals surface area contributed by atoms with Crippen molar-refractivity contribution in [3.63, 3.8) is 0 Å². The number of nitrogens with zero attached hydrogens (tertiary/aromatic N) is 1. The van der Waals surface area contributed by atoms with Crippen LogP contribution in [0.3, 0.4) is 0 Å². The fourth-order valence-electron chi connectivity index (χ4n) is 1.89. The smallest absolute Gasteiger partial charge is 0.226 e. The van der Waals surface area contributed by atoms with Crippen molar-refractivity contribution >= 4 is 38.5 Å². The van der Waals surface area contributed by atoms with Crippen molar-refractivity contribution in [1.29, 1.82) is 0 Å². The Kier molecular flexibility index (Phi) is 4.90. The van der Waals surface area contributed by atoms with Gasteiger partial charge in [0, 0.05) is 18.9 Å². The standard InChI is InChI=1S/C15H19N3O2S/c1-9(2)16-13(19)6-7-14(20)18-15-17-11-5-4-10(3)8-12(11)21-15/h4-5,8-9H,6-7H2,1-3H3,(H,16,19)(H,17,18,20). The molecule has 0 atom stereocenters. The second kappa shape index (κ2) is 6.67. The van der Waals surface area contributed by atoms with Crippen molar-refractivity contribution < 1.29 is 9.59 Å². The van der Waals surface area contributed by atoms with Gasteiger partial charge in [-0.05, 0) is 38.5 Å². The molecule has 2 aromatic rings. The number of amides is 2. The maximum atomic E-state index is 11.8. The molecule has 2 rings (SSSR count). The number of hydrogen-bond acceptors (Lipinski definition) is 4. The molecule has 6 heteroatoms. The predicted octanol–water partition coefficient (Wildman–Crippen LogP) is 2.85. The van der Waals surface area contributed by atoms with E-state index in [9.17, 15) is 9.59 Å². The first-order valence-corrected chi connectivity index (χ1v) is 7.72. The van der Waals surface area contributed by atoms with Crippen LogP contribution in [-0.2, 0) is 9.59 Å². The van der Waals surface area contributed by atoms with Crippen molar-refractivity contribution in [2.24, 2.45) is 0 Å². The van der Waals surface area contributed by atoms with E-state index in [2.05, 4.69) is 15.6 Å². The van der Waals surface area contributed by atoms with Gasteiger partial charge in [-0.15, -0.1) is 0 Å². The van der Waals surface area contributed by atoms with Gasteiger partial charge in [0.2, 0.25) is 11.8 Å². The number of carbonyl (C=O) groups is 2. The Bertz CT molecular complexity index is 664. The van der Waals surface area contributed by atoms with Crippen molar-refractivity contribution in [3.05, 3.63) is 23.8 Å². The van der Waals surface area contributed by atoms with E-state index in [0.717, 1.165) is 15.8 Å². The Morgan fingerprint density at radius 2 is 1.95 bits per heavy atom. The molecule has 0 radical (unpaired) electrons. The zero-order valence-electron chi connectivity index (χ0n) is 12.4. The Hall–Kier alpha value is -1.95. The van der Waals surface area contributed by atoms with E-state index in [-0.39, 0.29) is 30.7 Å². The summed E-state index contributed by atoms with van der Waals surface area (Å²) in [6.45, 7) is 5.80. The van der Waals surface area contributed by atoms with Gasteiger partial charge >= 0.3 is 0 Å². The Morgan fingerprint density at radius 3 is 2.67 bits per heavy atom. The fraction of sp³-hybridized carbons (Fsp3) is 0.400. The summed E-state index contributed by atoms with van der Waals surface area (Å²) in [5.41, 5.74) is 2.04. The van der Waals surface area contributed by atoms with Gasteiger partial charge in [0.15, 0.2) is 5.13 Å². The number of anilines is 1. The Labute approximate surface area is 127 Å². The zero-order chi connectivity index (χ0) is 15.4. The number of aromatic nitrogens is 1. The van der Waals surface area contributed by atoms with Crippen LogP contribution in [0.25, 0.3) is 10.2 Å². The van der Waals surface area contributed by atoms with E-state index < -0.39 is 0 Å². The van der Waals surface area contributed by atoms with Crippen LogP contribution in [0.2, 0.25) is 0 Å². The number of carbonyl (C=O) groups excluding carboxylic acids is 2. The number of rotatable bonds is 5. The lowest BCUT2D eigenvalue weighted by Gasteiger charge is -2.07. The highest BCUT2D eigenvalue weighted by Crippen LogP contribution is 2.26. The van der Waals surface area contributed by atoms with E-state index in [1.165, 1.54) is 11.3 Å². The average molecular weight is 305 g/mol. The molecule has 2 N–H and O–H groups in total. The molecule has 112 valence electrons. The third-order valence-corrected chi connectivity index (χ3v) is 3.75. The summed E-state index contributed by atoms with van der Waals surface area (Å²) >= 11 is 1.44. The lowest BCUT2D eigenvalue weighted by molar-refractivity contribution is -0.124. The van der Waals surface area contributed by atoms with Crippen molar-refractivity contribution in [3.8, 4) is 0 Å². The van der Waals surface area contributed by atoms with Crippen molar-refractivity contribution in [1.82, 2.24) is 10.3 Å². The number of hydrogen-bond donors (Lipinski definition) is 2. The molecule has 1 heterocycles. The summed E-state index contributed by atoms with van der Waals surface area (Å²) in [7, 11) is 0. The van der Waals surface area contributed by atoms with Gasteiger partial charge in [-0.2, -0.15) is 0 Å². The highest BCUT2D eigenvalue weighted by Gasteiger charge is 2.10. The van der Waals surface area contributed by atoms with Gasteiger partial charge in [-0.3, -0.25) is 9.59 Å². The van der Waals surface area contributed by atoms with Crippen LogP contribution < -0.4 is 10.6 Å². The molecule has 21 heavy (non-hydrogen) atoms. The van der Waals surface area contributed by atoms with Gasteiger partial charge in [0.05, 0.1) is 10.2 Å². The lowest BCUT2D eigenvalue weighted by atomic mass is 10.2. The third kappa shape index (κ3) is 4.53. The fourth-order valence-corrected chi connectivity index (χ4v) is 2.87. The number of nitrogens with one attached hydrogen (secondary N) is 2. The first-order valence-electron chi connectivity index (χ1n) is 6.90. The van der Waals surface area contributed by atoms with Crippen LogP contribution in [-0.4, -0.2) is 22.8 Å². The van der Waals surface area contributed by atoms with Gasteiger partial charge in [-0.25, -0.2) is 4.98 Å². The van der Waals surface area contributed by atoms with Crippen LogP contribution in [0.5, 0.6) is 0 Å².